The number of halogens is 6. The average Bonchev–Trinajstić information content (AvgIpc) is 2.33. The van der Waals surface area contributed by atoms with E-state index in [1.807, 2.05) is 0 Å². The van der Waals surface area contributed by atoms with Crippen LogP contribution in [0.5, 0.6) is 0 Å². The lowest BCUT2D eigenvalue weighted by Gasteiger charge is -2.17. The number of anilines is 1. The van der Waals surface area contributed by atoms with Crippen molar-refractivity contribution in [3.8, 4) is 0 Å². The molecule has 1 heterocycles. The van der Waals surface area contributed by atoms with Crippen molar-refractivity contribution in [1.82, 2.24) is 4.98 Å². The van der Waals surface area contributed by atoms with Crippen LogP contribution in [0.3, 0.4) is 0 Å². The van der Waals surface area contributed by atoms with Gasteiger partial charge in [0, 0.05) is 10.9 Å². The highest BCUT2D eigenvalue weighted by Gasteiger charge is 2.36. The molecule has 0 atom stereocenters. The molecule has 0 aliphatic carbocycles. The molecule has 0 aliphatic heterocycles. The predicted molar refractivity (Wildman–Crippen MR) is 74.3 cm³/mol. The van der Waals surface area contributed by atoms with Crippen LogP contribution in [0, 0.1) is 6.92 Å². The summed E-state index contributed by atoms with van der Waals surface area (Å²) in [5, 5.41) is 0.235. The Hall–Kier alpha value is -0.950. The molecule has 1 aromatic carbocycles. The smallest absolute Gasteiger partial charge is 0.323 e. The molecule has 20 heavy (non-hydrogen) atoms. The summed E-state index contributed by atoms with van der Waals surface area (Å²) >= 11 is 17.8. The molecule has 2 aromatic rings. The van der Waals surface area contributed by atoms with Crippen LogP contribution in [0.1, 0.15) is 11.3 Å². The van der Waals surface area contributed by atoms with Crippen LogP contribution in [-0.2, 0) is 6.18 Å². The fourth-order valence-corrected chi connectivity index (χ4v) is 2.63. The summed E-state index contributed by atoms with van der Waals surface area (Å²) in [4.78, 5) is 3.56. The number of hydrogen-bond acceptors (Lipinski definition) is 3. The lowest BCUT2D eigenvalue weighted by atomic mass is 10.1. The van der Waals surface area contributed by atoms with E-state index in [4.69, 9.17) is 40.6 Å². The molecule has 0 saturated carbocycles. The van der Waals surface area contributed by atoms with Crippen molar-refractivity contribution in [3.05, 3.63) is 32.4 Å². The van der Waals surface area contributed by atoms with E-state index in [1.54, 1.807) is 0 Å². The Morgan fingerprint density at radius 3 is 2.30 bits per heavy atom. The minimum atomic E-state index is -4.64. The second kappa shape index (κ2) is 5.11. The van der Waals surface area contributed by atoms with E-state index >= 15 is 0 Å². The van der Waals surface area contributed by atoms with Gasteiger partial charge in [0.2, 0.25) is 0 Å². The number of aromatic nitrogens is 1. The number of alkyl halides is 3. The Labute approximate surface area is 126 Å². The maximum atomic E-state index is 13.0. The number of benzene rings is 1. The molecule has 0 saturated heterocycles. The number of nitrogen functional groups attached to an aromatic ring is 1. The van der Waals surface area contributed by atoms with Crippen molar-refractivity contribution < 1.29 is 13.2 Å². The highest BCUT2D eigenvalue weighted by molar-refractivity contribution is 6.48. The topological polar surface area (TPSA) is 50.9 Å². The molecule has 0 fully saturated rings. The van der Waals surface area contributed by atoms with Crippen LogP contribution in [0.15, 0.2) is 6.07 Å². The van der Waals surface area contributed by atoms with Crippen LogP contribution in [-0.4, -0.2) is 4.98 Å². The molecule has 108 valence electrons. The molecule has 0 unspecified atom stereocenters. The van der Waals surface area contributed by atoms with Gasteiger partial charge in [-0.3, -0.25) is 5.84 Å². The van der Waals surface area contributed by atoms with Crippen molar-refractivity contribution in [3.63, 3.8) is 0 Å². The summed E-state index contributed by atoms with van der Waals surface area (Å²) in [6.07, 6.45) is -4.64. The maximum absolute atomic E-state index is 13.0. The first-order valence-corrected chi connectivity index (χ1v) is 6.33. The van der Waals surface area contributed by atoms with Crippen molar-refractivity contribution in [2.45, 2.75) is 13.1 Å². The Morgan fingerprint density at radius 2 is 1.80 bits per heavy atom. The predicted octanol–water partition coefficient (Wildman–Crippen LogP) is 4.81. The lowest BCUT2D eigenvalue weighted by Crippen LogP contribution is -2.16. The number of rotatable bonds is 1. The fourth-order valence-electron chi connectivity index (χ4n) is 1.88. The summed E-state index contributed by atoms with van der Waals surface area (Å²) in [7, 11) is 0. The van der Waals surface area contributed by atoms with Gasteiger partial charge in [0.1, 0.15) is 5.69 Å². The molecular weight excluding hydrogens is 337 g/mol. The van der Waals surface area contributed by atoms with Gasteiger partial charge in [-0.05, 0) is 13.0 Å². The summed E-state index contributed by atoms with van der Waals surface area (Å²) in [5.74, 6) is 5.31. The first kappa shape index (κ1) is 15.4. The van der Waals surface area contributed by atoms with E-state index in [2.05, 4.69) is 10.4 Å². The van der Waals surface area contributed by atoms with Crippen molar-refractivity contribution in [1.29, 1.82) is 0 Å². The quantitative estimate of drug-likeness (QED) is 0.443. The van der Waals surface area contributed by atoms with Crippen LogP contribution < -0.4 is 11.3 Å². The van der Waals surface area contributed by atoms with Gasteiger partial charge >= 0.3 is 6.18 Å². The van der Waals surface area contributed by atoms with Gasteiger partial charge in [-0.15, -0.1) is 0 Å². The van der Waals surface area contributed by atoms with E-state index < -0.39 is 11.9 Å². The number of nitrogens with zero attached hydrogens (tertiary/aromatic N) is 1. The Kier molecular flexibility index (Phi) is 3.94. The molecule has 2 rings (SSSR count). The second-order valence-electron chi connectivity index (χ2n) is 3.98. The second-order valence-corrected chi connectivity index (χ2v) is 5.17. The summed E-state index contributed by atoms with van der Waals surface area (Å²) in [6.45, 7) is 1.23. The first-order valence-electron chi connectivity index (χ1n) is 5.20. The number of nitrogens with one attached hydrogen (secondary N) is 1. The van der Waals surface area contributed by atoms with E-state index in [0.29, 0.717) is 0 Å². The molecule has 0 bridgehead atoms. The van der Waals surface area contributed by atoms with E-state index in [1.165, 1.54) is 13.0 Å². The van der Waals surface area contributed by atoms with Crippen LogP contribution in [0.4, 0.5) is 18.9 Å². The summed E-state index contributed by atoms with van der Waals surface area (Å²) < 4.78 is 38.9. The molecule has 0 amide bonds. The molecule has 9 heteroatoms. The molecular formula is C11H7Cl3F3N3. The van der Waals surface area contributed by atoms with E-state index in [9.17, 15) is 13.2 Å². The minimum absolute atomic E-state index is 0.0169. The van der Waals surface area contributed by atoms with Gasteiger partial charge in [-0.25, -0.2) is 4.98 Å². The Bertz CT molecular complexity index is 701. The monoisotopic (exact) mass is 343 g/mol. The van der Waals surface area contributed by atoms with Crippen molar-refractivity contribution in [2.75, 3.05) is 5.43 Å². The Balaban J connectivity index is 3.04. The third-order valence-electron chi connectivity index (χ3n) is 2.76. The number of pyridine rings is 1. The molecule has 0 aliphatic rings. The van der Waals surface area contributed by atoms with E-state index in [0.717, 1.165) is 0 Å². The average molecular weight is 345 g/mol. The zero-order chi connectivity index (χ0) is 15.2. The SMILES string of the molecule is Cc1c(C(F)(F)F)nc2c(Cl)cc(Cl)c(Cl)c2c1NN. The standard InChI is InChI=1S/C11H7Cl3F3N3/c1-3-8(20-18)6-7(14)4(12)2-5(13)9(6)19-10(3)11(15,16)17/h2H,18H2,1H3,(H,19,20). The molecule has 1 aromatic heterocycles. The van der Waals surface area contributed by atoms with Gasteiger partial charge < -0.3 is 5.43 Å². The van der Waals surface area contributed by atoms with Crippen molar-refractivity contribution in [2.24, 2.45) is 5.84 Å². The highest BCUT2D eigenvalue weighted by atomic mass is 35.5. The largest absolute Gasteiger partial charge is 0.433 e. The molecule has 3 nitrogen and oxygen atoms in total. The summed E-state index contributed by atoms with van der Waals surface area (Å²) in [5.41, 5.74) is 0.797. The Morgan fingerprint density at radius 1 is 1.20 bits per heavy atom. The summed E-state index contributed by atoms with van der Waals surface area (Å²) in [6, 6.07) is 1.23. The number of fused-ring (bicyclic) bond motifs is 1. The van der Waals surface area contributed by atoms with Crippen molar-refractivity contribution >= 4 is 51.4 Å². The van der Waals surface area contributed by atoms with Crippen LogP contribution >= 0.6 is 34.8 Å². The van der Waals surface area contributed by atoms with Gasteiger partial charge in [0.05, 0.1) is 26.3 Å². The van der Waals surface area contributed by atoms with Crippen LogP contribution in [0.25, 0.3) is 10.9 Å². The minimum Gasteiger partial charge on any atom is -0.323 e. The fraction of sp³-hybridized carbons (Fsp3) is 0.182. The van der Waals surface area contributed by atoms with Gasteiger partial charge in [-0.2, -0.15) is 13.2 Å². The third-order valence-corrected chi connectivity index (χ3v) is 3.84. The third kappa shape index (κ3) is 2.37. The number of nitrogens with two attached hydrogens (primary N) is 1. The normalized spacial score (nSPS) is 12.0. The maximum Gasteiger partial charge on any atom is 0.433 e. The van der Waals surface area contributed by atoms with E-state index in [-0.39, 0.29) is 37.2 Å². The van der Waals surface area contributed by atoms with Gasteiger partial charge in [-0.1, -0.05) is 34.8 Å². The number of hydrogen-bond donors (Lipinski definition) is 2. The van der Waals surface area contributed by atoms with Gasteiger partial charge in [0.15, 0.2) is 0 Å². The molecule has 0 spiro atoms. The zero-order valence-electron chi connectivity index (χ0n) is 9.87. The lowest BCUT2D eigenvalue weighted by molar-refractivity contribution is -0.141. The number of hydrazine groups is 1. The highest BCUT2D eigenvalue weighted by Crippen LogP contribution is 2.43. The molecule has 3 N–H and O–H groups in total. The first-order chi connectivity index (χ1) is 9.18. The zero-order valence-corrected chi connectivity index (χ0v) is 12.1. The van der Waals surface area contributed by atoms with Gasteiger partial charge in [0.25, 0.3) is 0 Å². The molecule has 0 radical (unpaired) electrons. The van der Waals surface area contributed by atoms with Crippen LogP contribution in [0.2, 0.25) is 15.1 Å².